The second-order valence-electron chi connectivity index (χ2n) is 5.12. The Morgan fingerprint density at radius 3 is 2.00 bits per heavy atom. The fourth-order valence-corrected chi connectivity index (χ4v) is 2.18. The number of hydrogen-bond acceptors (Lipinski definition) is 5. The molecule has 0 saturated carbocycles. The number of carbonyl (C=O) groups is 3. The minimum Gasteiger partial charge on any atom is -0.480 e. The number of urea groups is 1. The number of aliphatic hydroxyl groups is 1. The Labute approximate surface area is 121 Å². The Morgan fingerprint density at radius 2 is 1.57 bits per heavy atom. The number of ether oxygens (including phenoxy) is 1. The third kappa shape index (κ3) is 5.56. The van der Waals surface area contributed by atoms with Gasteiger partial charge in [0.2, 0.25) is 0 Å². The lowest BCUT2D eigenvalue weighted by atomic mass is 9.94. The molecule has 1 saturated heterocycles. The molecule has 1 fully saturated rings. The smallest absolute Gasteiger partial charge is 0.323 e. The van der Waals surface area contributed by atoms with Gasteiger partial charge in [-0.25, -0.2) is 4.79 Å². The molecule has 0 spiro atoms. The normalized spacial score (nSPS) is 17.0. The van der Waals surface area contributed by atoms with Gasteiger partial charge in [-0.2, -0.15) is 0 Å². The molecule has 3 N–H and O–H groups in total. The number of hydrogen-bond donors (Lipinski definition) is 3. The Balaban J connectivity index is 2.67. The highest BCUT2D eigenvalue weighted by Gasteiger charge is 2.34. The molecule has 1 rings (SSSR count). The lowest BCUT2D eigenvalue weighted by Gasteiger charge is -2.36. The number of carboxylic acid groups (broad SMARTS) is 2. The fourth-order valence-electron chi connectivity index (χ4n) is 2.18. The van der Waals surface area contributed by atoms with Crippen molar-refractivity contribution < 1.29 is 34.4 Å². The van der Waals surface area contributed by atoms with Crippen LogP contribution in [0.5, 0.6) is 0 Å². The van der Waals surface area contributed by atoms with E-state index >= 15 is 0 Å². The molecule has 1 heterocycles. The second-order valence-corrected chi connectivity index (χ2v) is 5.12. The number of amides is 2. The van der Waals surface area contributed by atoms with Crippen molar-refractivity contribution in [2.75, 3.05) is 39.9 Å². The van der Waals surface area contributed by atoms with E-state index < -0.39 is 36.7 Å². The van der Waals surface area contributed by atoms with Crippen molar-refractivity contribution in [3.05, 3.63) is 0 Å². The number of carboxylic acids is 2. The molecular weight excluding hydrogens is 284 g/mol. The summed E-state index contributed by atoms with van der Waals surface area (Å²) in [5.74, 6) is -2.61. The highest BCUT2D eigenvalue weighted by Crippen LogP contribution is 2.21. The Bertz CT molecular complexity index is 390. The summed E-state index contributed by atoms with van der Waals surface area (Å²) in [5.41, 5.74) is -1.10. The first-order chi connectivity index (χ1) is 9.73. The summed E-state index contributed by atoms with van der Waals surface area (Å²) >= 11 is 0. The number of nitrogens with zero attached hydrogens (tertiary/aromatic N) is 2. The monoisotopic (exact) mass is 304 g/mol. The van der Waals surface area contributed by atoms with E-state index in [1.165, 1.54) is 7.05 Å². The van der Waals surface area contributed by atoms with Gasteiger partial charge in [-0.05, 0) is 0 Å². The van der Waals surface area contributed by atoms with Crippen molar-refractivity contribution in [2.24, 2.45) is 0 Å². The first-order valence-electron chi connectivity index (χ1n) is 6.47. The third-order valence-electron chi connectivity index (χ3n) is 3.20. The number of likely N-dealkylation sites (N-methyl/N-ethyl adjacent to an activating group) is 1. The molecule has 120 valence electrons. The topological polar surface area (TPSA) is 128 Å². The van der Waals surface area contributed by atoms with Gasteiger partial charge < -0.3 is 29.9 Å². The predicted molar refractivity (Wildman–Crippen MR) is 69.9 cm³/mol. The molecule has 0 radical (unpaired) electrons. The van der Waals surface area contributed by atoms with E-state index in [4.69, 9.17) is 14.9 Å². The standard InChI is InChI=1S/C12H20N2O7/c1-13(8-12(20)2-4-21-5-3-12)11(19)14(6-9(15)16)7-10(17)18/h20H,2-8H2,1H3,(H,15,16)(H,17,18). The Morgan fingerprint density at radius 1 is 1.10 bits per heavy atom. The van der Waals surface area contributed by atoms with Crippen molar-refractivity contribution in [3.63, 3.8) is 0 Å². The molecule has 0 bridgehead atoms. The van der Waals surface area contributed by atoms with E-state index in [-0.39, 0.29) is 6.54 Å². The average Bonchev–Trinajstić information content (AvgIpc) is 2.36. The lowest BCUT2D eigenvalue weighted by Crippen LogP contribution is -2.52. The van der Waals surface area contributed by atoms with E-state index in [0.29, 0.717) is 31.0 Å². The highest BCUT2D eigenvalue weighted by atomic mass is 16.5. The predicted octanol–water partition coefficient (Wildman–Crippen LogP) is -0.949. The fraction of sp³-hybridized carbons (Fsp3) is 0.750. The van der Waals surface area contributed by atoms with Crippen LogP contribution in [0.15, 0.2) is 0 Å². The third-order valence-corrected chi connectivity index (χ3v) is 3.20. The van der Waals surface area contributed by atoms with Crippen molar-refractivity contribution in [2.45, 2.75) is 18.4 Å². The van der Waals surface area contributed by atoms with Gasteiger partial charge in [0, 0.05) is 33.1 Å². The van der Waals surface area contributed by atoms with Gasteiger partial charge in [-0.15, -0.1) is 0 Å². The molecule has 2 amide bonds. The molecule has 1 aliphatic rings. The summed E-state index contributed by atoms with van der Waals surface area (Å²) in [7, 11) is 1.40. The number of aliphatic carboxylic acids is 2. The summed E-state index contributed by atoms with van der Waals surface area (Å²) in [6.45, 7) is -0.669. The van der Waals surface area contributed by atoms with Crippen LogP contribution in [-0.4, -0.2) is 88.6 Å². The van der Waals surface area contributed by atoms with Crippen LogP contribution < -0.4 is 0 Å². The molecule has 0 atom stereocenters. The molecular formula is C12H20N2O7. The van der Waals surface area contributed by atoms with Crippen molar-refractivity contribution in [3.8, 4) is 0 Å². The summed E-state index contributed by atoms with van der Waals surface area (Å²) in [4.78, 5) is 35.4. The van der Waals surface area contributed by atoms with E-state index in [1.54, 1.807) is 0 Å². The highest BCUT2D eigenvalue weighted by molar-refractivity contribution is 5.84. The largest absolute Gasteiger partial charge is 0.480 e. The molecule has 21 heavy (non-hydrogen) atoms. The first-order valence-corrected chi connectivity index (χ1v) is 6.47. The lowest BCUT2D eigenvalue weighted by molar-refractivity contribution is -0.140. The van der Waals surface area contributed by atoms with Crippen molar-refractivity contribution >= 4 is 18.0 Å². The molecule has 0 aromatic rings. The molecule has 1 aliphatic heterocycles. The number of rotatable bonds is 6. The minimum absolute atomic E-state index is 0.00900. The van der Waals surface area contributed by atoms with Crippen LogP contribution in [0.1, 0.15) is 12.8 Å². The van der Waals surface area contributed by atoms with Crippen molar-refractivity contribution in [1.29, 1.82) is 0 Å². The minimum atomic E-state index is -1.30. The van der Waals surface area contributed by atoms with E-state index in [0.717, 1.165) is 4.90 Å². The molecule has 0 aromatic heterocycles. The Hall–Kier alpha value is -1.87. The van der Waals surface area contributed by atoms with Gasteiger partial charge >= 0.3 is 18.0 Å². The summed E-state index contributed by atoms with van der Waals surface area (Å²) in [6, 6.07) is -0.750. The maximum absolute atomic E-state index is 12.1. The van der Waals surface area contributed by atoms with Gasteiger partial charge in [0.1, 0.15) is 13.1 Å². The summed E-state index contributed by atoms with van der Waals surface area (Å²) < 4.78 is 5.13. The van der Waals surface area contributed by atoms with E-state index in [9.17, 15) is 19.5 Å². The maximum Gasteiger partial charge on any atom is 0.323 e. The Kier molecular flexibility index (Phi) is 5.91. The first kappa shape index (κ1) is 17.2. The zero-order valence-corrected chi connectivity index (χ0v) is 11.8. The quantitative estimate of drug-likeness (QED) is 0.577. The van der Waals surface area contributed by atoms with Gasteiger partial charge in [-0.3, -0.25) is 9.59 Å². The van der Waals surface area contributed by atoms with Crippen molar-refractivity contribution in [1.82, 2.24) is 9.80 Å². The molecule has 0 unspecified atom stereocenters. The van der Waals surface area contributed by atoms with E-state index in [1.807, 2.05) is 0 Å². The molecule has 9 heteroatoms. The van der Waals surface area contributed by atoms with Gasteiger partial charge in [0.15, 0.2) is 0 Å². The van der Waals surface area contributed by atoms with Crippen LogP contribution in [-0.2, 0) is 14.3 Å². The summed E-state index contributed by atoms with van der Waals surface area (Å²) in [5, 5.41) is 27.8. The van der Waals surface area contributed by atoms with Crippen LogP contribution in [0, 0.1) is 0 Å². The number of carbonyl (C=O) groups excluding carboxylic acids is 1. The van der Waals surface area contributed by atoms with Crippen LogP contribution >= 0.6 is 0 Å². The molecule has 0 aliphatic carbocycles. The zero-order valence-electron chi connectivity index (χ0n) is 11.8. The maximum atomic E-state index is 12.1. The van der Waals surface area contributed by atoms with Crippen LogP contribution in [0.25, 0.3) is 0 Å². The summed E-state index contributed by atoms with van der Waals surface area (Å²) in [6.07, 6.45) is 0.727. The van der Waals surface area contributed by atoms with Crippen LogP contribution in [0.4, 0.5) is 4.79 Å². The SMILES string of the molecule is CN(CC1(O)CCOCC1)C(=O)N(CC(=O)O)CC(=O)O. The van der Waals surface area contributed by atoms with Gasteiger partial charge in [-0.1, -0.05) is 0 Å². The van der Waals surface area contributed by atoms with Crippen LogP contribution in [0.3, 0.4) is 0 Å². The van der Waals surface area contributed by atoms with E-state index in [2.05, 4.69) is 0 Å². The average molecular weight is 304 g/mol. The molecule has 0 aromatic carbocycles. The molecule has 9 nitrogen and oxygen atoms in total. The van der Waals surface area contributed by atoms with Crippen LogP contribution in [0.2, 0.25) is 0 Å². The zero-order chi connectivity index (χ0) is 16.0. The second kappa shape index (κ2) is 7.23. The van der Waals surface area contributed by atoms with Gasteiger partial charge in [0.25, 0.3) is 0 Å². The van der Waals surface area contributed by atoms with Gasteiger partial charge in [0.05, 0.1) is 12.1 Å².